The van der Waals surface area contributed by atoms with Gasteiger partial charge in [0.25, 0.3) is 11.8 Å². The Morgan fingerprint density at radius 2 is 1.74 bits per heavy atom. The van der Waals surface area contributed by atoms with Gasteiger partial charge in [0, 0.05) is 44.7 Å². The van der Waals surface area contributed by atoms with E-state index in [1.165, 1.54) is 44.4 Å². The summed E-state index contributed by atoms with van der Waals surface area (Å²) in [5.74, 6) is -1.60. The SMILES string of the molecule is CN[C@H](C)C(=O)N[C@@H](C(=O)N1Cc2cc(OCCOCCOCCC(=O)N(C)CCn3nc4c(c3C#N)-c3cnc(N)c(n3)O[C@H](C)c3cc(F)ccc3C(=O)N(C)C4)ccc2C[C@@H]1C(=O)N[C@H]1CCCc2ccccc21)C(C)(C)C. The van der Waals surface area contributed by atoms with Crippen LogP contribution in [0.15, 0.2) is 66.9 Å². The van der Waals surface area contributed by atoms with E-state index in [9.17, 15) is 33.6 Å². The van der Waals surface area contributed by atoms with E-state index >= 15 is 0 Å². The molecule has 0 fully saturated rings. The lowest BCUT2D eigenvalue weighted by Crippen LogP contribution is -2.62. The summed E-state index contributed by atoms with van der Waals surface area (Å²) in [4.78, 5) is 82.7. The predicted molar refractivity (Wildman–Crippen MR) is 298 cm³/mol. The van der Waals surface area contributed by atoms with E-state index in [1.54, 1.807) is 39.9 Å². The molecule has 0 spiro atoms. The average molecular weight is 1110 g/mol. The standard InChI is InChI=1S/C59H73FN12O9/c1-35(63-6)54(74)67-52(59(3,4)5)58(77)71-33-39-28-41(18-16-38(39)29-48(71)55(75)65-45-15-11-13-37-12-9-10-14-42(37)45)80-27-26-79-25-24-78-23-20-50(73)69(7)21-22-72-49(31-61)51-46-32-64-53(62)56(66-46)81-36(2)44-30-40(60)17-19-43(44)57(76)70(8)34-47(51)68-72/h9-10,12,14,16-19,28,30,32,35-36,45,48,52,63H,11,13,15,20-27,29,33-34H2,1-8H3,(H2,62,64)(H,65,75)(H,67,74)/t35-,36-,45+,48-,52+/m1/s1. The number of nitrogens with zero attached hydrogens (tertiary/aromatic N) is 8. The minimum absolute atomic E-state index is 0.0363. The molecule has 3 aliphatic rings. The maximum atomic E-state index is 14.7. The van der Waals surface area contributed by atoms with Crippen LogP contribution in [0, 0.1) is 22.6 Å². The number of anilines is 1. The number of nitrogens with one attached hydrogen (secondary N) is 3. The third kappa shape index (κ3) is 14.0. The third-order valence-corrected chi connectivity index (χ3v) is 15.1. The predicted octanol–water partition coefficient (Wildman–Crippen LogP) is 5.21. The van der Waals surface area contributed by atoms with E-state index < -0.39 is 41.4 Å². The van der Waals surface area contributed by atoms with Gasteiger partial charge in [0.1, 0.15) is 48.1 Å². The molecular formula is C59H73FN12O9. The molecule has 4 heterocycles. The molecule has 0 saturated carbocycles. The van der Waals surface area contributed by atoms with Crippen molar-refractivity contribution in [1.82, 2.24) is 50.4 Å². The van der Waals surface area contributed by atoms with Gasteiger partial charge in [-0.3, -0.25) is 28.7 Å². The number of halogens is 1. The maximum absolute atomic E-state index is 14.7. The molecule has 2 aliphatic heterocycles. The molecule has 1 aliphatic carbocycles. The van der Waals surface area contributed by atoms with Gasteiger partial charge < -0.3 is 55.3 Å². The van der Waals surface area contributed by atoms with Crippen LogP contribution < -0.4 is 31.2 Å². The van der Waals surface area contributed by atoms with Crippen molar-refractivity contribution in [3.05, 3.63) is 117 Å². The third-order valence-electron chi connectivity index (χ3n) is 15.1. The summed E-state index contributed by atoms with van der Waals surface area (Å²) in [6.45, 7) is 10.6. The number of benzene rings is 3. The highest BCUT2D eigenvalue weighted by atomic mass is 19.1. The molecule has 2 bridgehead atoms. The Morgan fingerprint density at radius 1 is 0.988 bits per heavy atom. The number of aromatic nitrogens is 4. The monoisotopic (exact) mass is 1110 g/mol. The summed E-state index contributed by atoms with van der Waals surface area (Å²) in [5, 5.41) is 24.4. The van der Waals surface area contributed by atoms with Gasteiger partial charge in [-0.1, -0.05) is 51.1 Å². The van der Waals surface area contributed by atoms with Crippen LogP contribution in [0.1, 0.15) is 116 Å². The first kappa shape index (κ1) is 59.1. The number of aryl methyl sites for hydroxylation is 1. The van der Waals surface area contributed by atoms with E-state index in [1.807, 2.05) is 51.1 Å². The number of amides is 5. The maximum Gasteiger partial charge on any atom is 0.258 e. The van der Waals surface area contributed by atoms with Crippen molar-refractivity contribution in [2.24, 2.45) is 5.41 Å². The van der Waals surface area contributed by atoms with E-state index in [2.05, 4.69) is 44.1 Å². The first-order valence-electron chi connectivity index (χ1n) is 27.4. The van der Waals surface area contributed by atoms with Gasteiger partial charge >= 0.3 is 0 Å². The van der Waals surface area contributed by atoms with Crippen molar-refractivity contribution >= 4 is 35.4 Å². The molecule has 5 N–H and O–H groups in total. The minimum atomic E-state index is -0.912. The number of hydrogen-bond acceptors (Lipinski definition) is 15. The van der Waals surface area contributed by atoms with Crippen molar-refractivity contribution in [2.45, 2.75) is 117 Å². The topological polar surface area (TPSA) is 261 Å². The second-order valence-electron chi connectivity index (χ2n) is 21.8. The van der Waals surface area contributed by atoms with E-state index in [0.717, 1.165) is 36.0 Å². The number of carbonyl (C=O) groups is 5. The van der Waals surface area contributed by atoms with Crippen LogP contribution in [0.2, 0.25) is 0 Å². The normalized spacial score (nSPS) is 17.5. The fraction of sp³-hybridized carbons (Fsp3) is 0.475. The van der Waals surface area contributed by atoms with Crippen LogP contribution in [0.5, 0.6) is 11.6 Å². The molecule has 0 unspecified atom stereocenters. The number of hydrogen-bond donors (Lipinski definition) is 4. The van der Waals surface area contributed by atoms with Crippen molar-refractivity contribution < 1.29 is 47.3 Å². The van der Waals surface area contributed by atoms with Crippen LogP contribution in [0.3, 0.4) is 0 Å². The Bertz CT molecular complexity index is 3170. The lowest BCUT2D eigenvalue weighted by molar-refractivity contribution is -0.147. The van der Waals surface area contributed by atoms with Crippen molar-refractivity contribution in [1.29, 1.82) is 5.26 Å². The Morgan fingerprint density at radius 3 is 2.49 bits per heavy atom. The number of nitrogen functional groups attached to an aromatic ring is 1. The zero-order valence-corrected chi connectivity index (χ0v) is 47.3. The summed E-state index contributed by atoms with van der Waals surface area (Å²) in [5.41, 5.74) is 11.1. The minimum Gasteiger partial charge on any atom is -0.491 e. The van der Waals surface area contributed by atoms with Gasteiger partial charge in [0.05, 0.1) is 81.2 Å². The highest BCUT2D eigenvalue weighted by Crippen LogP contribution is 2.36. The van der Waals surface area contributed by atoms with Crippen LogP contribution in [-0.2, 0) is 61.1 Å². The van der Waals surface area contributed by atoms with Gasteiger partial charge in [-0.15, -0.1) is 0 Å². The van der Waals surface area contributed by atoms with Crippen LogP contribution in [-0.4, -0.2) is 143 Å². The molecule has 21 nitrogen and oxygen atoms in total. The Balaban J connectivity index is 0.819. The first-order chi connectivity index (χ1) is 38.8. The van der Waals surface area contributed by atoms with Crippen molar-refractivity contribution in [3.8, 4) is 29.0 Å². The zero-order chi connectivity index (χ0) is 58.1. The zero-order valence-electron chi connectivity index (χ0n) is 47.3. The molecule has 22 heteroatoms. The van der Waals surface area contributed by atoms with Crippen LogP contribution in [0.25, 0.3) is 11.3 Å². The second-order valence-corrected chi connectivity index (χ2v) is 21.8. The summed E-state index contributed by atoms with van der Waals surface area (Å²) < 4.78 is 39.5. The summed E-state index contributed by atoms with van der Waals surface area (Å²) >= 11 is 0. The number of likely N-dealkylation sites (N-methyl/N-ethyl adjacent to an activating group) is 2. The van der Waals surface area contributed by atoms with Gasteiger partial charge in [0.2, 0.25) is 23.6 Å². The average Bonchev–Trinajstić information content (AvgIpc) is 3.81. The Hall–Kier alpha value is -8.00. The van der Waals surface area contributed by atoms with Crippen LogP contribution in [0.4, 0.5) is 10.2 Å². The van der Waals surface area contributed by atoms with Gasteiger partial charge in [-0.05, 0) is 98.2 Å². The second kappa shape index (κ2) is 26.1. The lowest BCUT2D eigenvalue weighted by atomic mass is 9.83. The van der Waals surface area contributed by atoms with Gasteiger partial charge in [-0.25, -0.2) is 14.4 Å². The Labute approximate surface area is 471 Å². The first-order valence-corrected chi connectivity index (χ1v) is 27.4. The molecule has 3 aromatic carbocycles. The molecule has 430 valence electrons. The fourth-order valence-corrected chi connectivity index (χ4v) is 10.3. The van der Waals surface area contributed by atoms with E-state index in [4.69, 9.17) is 29.8 Å². The number of ether oxygens (including phenoxy) is 4. The number of nitriles is 1. The molecule has 2 aromatic heterocycles. The van der Waals surface area contributed by atoms with Crippen molar-refractivity contribution in [2.75, 3.05) is 66.5 Å². The molecule has 5 aromatic rings. The van der Waals surface area contributed by atoms with Crippen LogP contribution >= 0.6 is 0 Å². The molecule has 0 radical (unpaired) electrons. The van der Waals surface area contributed by atoms with E-state index in [-0.39, 0.29) is 130 Å². The highest BCUT2D eigenvalue weighted by molar-refractivity contribution is 5.96. The number of rotatable bonds is 19. The molecule has 81 heavy (non-hydrogen) atoms. The van der Waals surface area contributed by atoms with E-state index in [0.29, 0.717) is 22.6 Å². The lowest BCUT2D eigenvalue weighted by Gasteiger charge is -2.41. The largest absolute Gasteiger partial charge is 0.491 e. The summed E-state index contributed by atoms with van der Waals surface area (Å²) in [6.07, 6.45) is 3.61. The molecule has 8 rings (SSSR count). The highest BCUT2D eigenvalue weighted by Gasteiger charge is 2.43. The molecular weight excluding hydrogens is 1040 g/mol. The fourth-order valence-electron chi connectivity index (χ4n) is 10.3. The summed E-state index contributed by atoms with van der Waals surface area (Å²) in [6, 6.07) is 17.4. The van der Waals surface area contributed by atoms with Crippen molar-refractivity contribution in [3.63, 3.8) is 0 Å². The quantitative estimate of drug-likeness (QED) is 0.0775. The molecule has 5 amide bonds. The van der Waals surface area contributed by atoms with Gasteiger partial charge in [-0.2, -0.15) is 10.4 Å². The molecule has 5 atom stereocenters. The number of fused-ring (bicyclic) bond motifs is 7. The molecule has 0 saturated heterocycles. The number of nitrogens with two attached hydrogens (primary N) is 1. The smallest absolute Gasteiger partial charge is 0.258 e. The Kier molecular flexibility index (Phi) is 19.0. The summed E-state index contributed by atoms with van der Waals surface area (Å²) in [7, 11) is 4.90. The number of carbonyl (C=O) groups excluding carboxylic acids is 5. The van der Waals surface area contributed by atoms with Gasteiger partial charge in [0.15, 0.2) is 5.82 Å².